The lowest BCUT2D eigenvalue weighted by Gasteiger charge is -2.25. The number of halogens is 2. The van der Waals surface area contributed by atoms with E-state index in [9.17, 15) is 9.59 Å². The van der Waals surface area contributed by atoms with Gasteiger partial charge in [-0.1, -0.05) is 107 Å². The Morgan fingerprint density at radius 2 is 1.64 bits per heavy atom. The van der Waals surface area contributed by atoms with E-state index in [1.807, 2.05) is 97.1 Å². The number of fused-ring (bicyclic) bond motifs is 1. The Morgan fingerprint density at radius 3 is 2.34 bits per heavy atom. The zero-order chi connectivity index (χ0) is 30.6. The molecule has 6 rings (SSSR count). The van der Waals surface area contributed by atoms with Gasteiger partial charge in [-0.05, 0) is 54.5 Å². The Bertz CT molecular complexity index is 2030. The molecule has 0 N–H and O–H groups in total. The molecular formula is C35H26Cl2N2O4S. The molecule has 0 spiro atoms. The van der Waals surface area contributed by atoms with Crippen LogP contribution in [-0.4, -0.2) is 17.1 Å². The fourth-order valence-electron chi connectivity index (χ4n) is 4.99. The quantitative estimate of drug-likeness (QED) is 0.175. The lowest BCUT2D eigenvalue weighted by Crippen LogP contribution is -2.40. The summed E-state index contributed by atoms with van der Waals surface area (Å²) in [4.78, 5) is 32.9. The van der Waals surface area contributed by atoms with E-state index in [1.54, 1.807) is 23.6 Å². The van der Waals surface area contributed by atoms with Crippen LogP contribution in [0.15, 0.2) is 118 Å². The molecule has 0 radical (unpaired) electrons. The first-order valence-corrected chi connectivity index (χ1v) is 15.5. The number of carbonyl (C=O) groups excluding carboxylic acids is 1. The van der Waals surface area contributed by atoms with E-state index in [4.69, 9.17) is 37.7 Å². The summed E-state index contributed by atoms with van der Waals surface area (Å²) in [7, 11) is 0. The Hall–Kier alpha value is -4.43. The number of nitrogens with zero attached hydrogens (tertiary/aromatic N) is 2. The van der Waals surface area contributed by atoms with E-state index in [-0.39, 0.29) is 12.2 Å². The van der Waals surface area contributed by atoms with Crippen LogP contribution in [0.4, 0.5) is 0 Å². The van der Waals surface area contributed by atoms with Crippen molar-refractivity contribution in [1.29, 1.82) is 0 Å². The summed E-state index contributed by atoms with van der Waals surface area (Å²) in [6, 6.07) is 30.8. The van der Waals surface area contributed by atoms with Crippen LogP contribution in [0.25, 0.3) is 11.8 Å². The number of rotatable bonds is 8. The molecule has 44 heavy (non-hydrogen) atoms. The Morgan fingerprint density at radius 1 is 0.932 bits per heavy atom. The van der Waals surface area contributed by atoms with Crippen molar-refractivity contribution in [2.75, 3.05) is 6.61 Å². The number of hydrogen-bond acceptors (Lipinski definition) is 6. The van der Waals surface area contributed by atoms with Crippen LogP contribution >= 0.6 is 34.5 Å². The summed E-state index contributed by atoms with van der Waals surface area (Å²) in [6.07, 6.45) is 1.82. The number of ether oxygens (including phenoxy) is 2. The third-order valence-corrected chi connectivity index (χ3v) is 8.69. The third-order valence-electron chi connectivity index (χ3n) is 7.09. The van der Waals surface area contributed by atoms with E-state index in [0.717, 1.165) is 16.7 Å². The van der Waals surface area contributed by atoms with Crippen LogP contribution in [0, 0.1) is 0 Å². The van der Waals surface area contributed by atoms with Gasteiger partial charge in [0, 0.05) is 21.2 Å². The lowest BCUT2D eigenvalue weighted by molar-refractivity contribution is -0.138. The predicted octanol–water partition coefficient (Wildman–Crippen LogP) is 6.82. The van der Waals surface area contributed by atoms with Crippen molar-refractivity contribution in [1.82, 2.24) is 4.57 Å². The molecule has 0 amide bonds. The number of esters is 1. The molecule has 4 aromatic carbocycles. The van der Waals surface area contributed by atoms with Gasteiger partial charge in [-0.25, -0.2) is 9.79 Å². The van der Waals surface area contributed by atoms with Gasteiger partial charge in [0.1, 0.15) is 12.4 Å². The van der Waals surface area contributed by atoms with Gasteiger partial charge in [-0.3, -0.25) is 9.36 Å². The van der Waals surface area contributed by atoms with Gasteiger partial charge < -0.3 is 9.47 Å². The maximum Gasteiger partial charge on any atom is 0.338 e. The van der Waals surface area contributed by atoms with E-state index in [2.05, 4.69) is 0 Å². The maximum absolute atomic E-state index is 14.0. The average molecular weight is 642 g/mol. The minimum Gasteiger partial charge on any atom is -0.489 e. The van der Waals surface area contributed by atoms with Gasteiger partial charge in [-0.15, -0.1) is 0 Å². The molecule has 0 saturated carbocycles. The smallest absolute Gasteiger partial charge is 0.338 e. The normalized spacial score (nSPS) is 14.6. The van der Waals surface area contributed by atoms with Crippen molar-refractivity contribution in [3.63, 3.8) is 0 Å². The zero-order valence-corrected chi connectivity index (χ0v) is 25.9. The minimum absolute atomic E-state index is 0.181. The molecule has 6 nitrogen and oxygen atoms in total. The van der Waals surface area contributed by atoms with Crippen LogP contribution in [0.3, 0.4) is 0 Å². The van der Waals surface area contributed by atoms with Crippen LogP contribution in [0.2, 0.25) is 10.0 Å². The number of hydrogen-bond donors (Lipinski definition) is 0. The predicted molar refractivity (Wildman–Crippen MR) is 175 cm³/mol. The molecule has 1 aliphatic rings. The van der Waals surface area contributed by atoms with Crippen molar-refractivity contribution in [2.24, 2.45) is 4.99 Å². The molecule has 0 fully saturated rings. The van der Waals surface area contributed by atoms with Crippen molar-refractivity contribution < 1.29 is 14.3 Å². The highest BCUT2D eigenvalue weighted by Crippen LogP contribution is 2.35. The van der Waals surface area contributed by atoms with Crippen molar-refractivity contribution in [3.8, 4) is 5.75 Å². The first-order chi connectivity index (χ1) is 21.4. The molecule has 9 heteroatoms. The summed E-state index contributed by atoms with van der Waals surface area (Å²) in [5, 5.41) is 1.20. The second-order valence-electron chi connectivity index (χ2n) is 9.93. The van der Waals surface area contributed by atoms with Crippen molar-refractivity contribution >= 4 is 52.3 Å². The van der Waals surface area contributed by atoms with Gasteiger partial charge in [0.05, 0.1) is 28.5 Å². The molecule has 2 heterocycles. The molecule has 0 unspecified atom stereocenters. The average Bonchev–Trinajstić information content (AvgIpc) is 3.35. The first kappa shape index (κ1) is 29.6. The molecule has 1 atom stereocenters. The third kappa shape index (κ3) is 6.13. The SMILES string of the molecule is CCOC(=O)C1=C(c2ccccc2)N=c2s/c(=C\c3ccc(OCc4ccccc4Cl)cc3)c(=O)n2[C@@H]1c1ccc(Cl)cc1. The van der Waals surface area contributed by atoms with Crippen LogP contribution in [0.1, 0.15) is 35.2 Å². The molecule has 1 aliphatic heterocycles. The molecular weight excluding hydrogens is 615 g/mol. The van der Waals surface area contributed by atoms with Gasteiger partial charge >= 0.3 is 5.97 Å². The Kier molecular flexibility index (Phi) is 8.79. The number of benzene rings is 4. The van der Waals surface area contributed by atoms with Crippen LogP contribution < -0.4 is 19.6 Å². The fraction of sp³-hybridized carbons (Fsp3) is 0.114. The van der Waals surface area contributed by atoms with Crippen LogP contribution in [0.5, 0.6) is 5.75 Å². The zero-order valence-electron chi connectivity index (χ0n) is 23.6. The first-order valence-electron chi connectivity index (χ1n) is 13.9. The second kappa shape index (κ2) is 13.1. The maximum atomic E-state index is 14.0. The fourth-order valence-corrected chi connectivity index (χ4v) is 6.31. The summed E-state index contributed by atoms with van der Waals surface area (Å²) in [5.41, 5.74) is 3.67. The van der Waals surface area contributed by atoms with Gasteiger partial charge in [0.2, 0.25) is 0 Å². The highest BCUT2D eigenvalue weighted by Gasteiger charge is 2.35. The van der Waals surface area contributed by atoms with E-state index in [0.29, 0.717) is 48.6 Å². The monoisotopic (exact) mass is 640 g/mol. The van der Waals surface area contributed by atoms with Crippen molar-refractivity contribution in [2.45, 2.75) is 19.6 Å². The van der Waals surface area contributed by atoms with Gasteiger partial charge in [0.25, 0.3) is 5.56 Å². The van der Waals surface area contributed by atoms with Gasteiger partial charge in [0.15, 0.2) is 4.80 Å². The number of aromatic nitrogens is 1. The minimum atomic E-state index is -0.763. The molecule has 0 bridgehead atoms. The van der Waals surface area contributed by atoms with Crippen LogP contribution in [-0.2, 0) is 16.1 Å². The number of carbonyl (C=O) groups is 1. The van der Waals surface area contributed by atoms with E-state index in [1.165, 1.54) is 11.3 Å². The Balaban J connectivity index is 1.43. The highest BCUT2D eigenvalue weighted by molar-refractivity contribution is 7.07. The molecule has 1 aromatic heterocycles. The topological polar surface area (TPSA) is 69.9 Å². The van der Waals surface area contributed by atoms with Gasteiger partial charge in [-0.2, -0.15) is 0 Å². The summed E-state index contributed by atoms with van der Waals surface area (Å²) in [6.45, 7) is 2.27. The largest absolute Gasteiger partial charge is 0.489 e. The molecule has 0 saturated heterocycles. The lowest BCUT2D eigenvalue weighted by atomic mass is 9.93. The molecule has 0 aliphatic carbocycles. The number of thiazole rings is 1. The summed E-state index contributed by atoms with van der Waals surface area (Å²) in [5.74, 6) is 0.148. The molecule has 5 aromatic rings. The van der Waals surface area contributed by atoms with Crippen molar-refractivity contribution in [3.05, 3.63) is 161 Å². The highest BCUT2D eigenvalue weighted by atomic mass is 35.5. The summed E-state index contributed by atoms with van der Waals surface area (Å²) >= 11 is 13.7. The summed E-state index contributed by atoms with van der Waals surface area (Å²) < 4.78 is 13.5. The standard InChI is InChI=1S/C35H26Cl2N2O4S/c1-2-42-34(41)30-31(23-8-4-3-5-9-23)38-35-39(32(30)24-14-16-26(36)17-15-24)33(40)29(44-35)20-22-12-18-27(19-13-22)43-21-25-10-6-7-11-28(25)37/h3-20,32H,2,21H2,1H3/b29-20-/t32-/m1/s1. The molecule has 220 valence electrons. The van der Waals surface area contributed by atoms with E-state index >= 15 is 0 Å². The Labute approximate surface area is 267 Å². The van der Waals surface area contributed by atoms with E-state index < -0.39 is 12.0 Å². The second-order valence-corrected chi connectivity index (χ2v) is 11.8.